The third-order valence-corrected chi connectivity index (χ3v) is 7.35. The summed E-state index contributed by atoms with van der Waals surface area (Å²) in [5.41, 5.74) is -1.43. The van der Waals surface area contributed by atoms with Gasteiger partial charge in [-0.15, -0.1) is 0 Å². The summed E-state index contributed by atoms with van der Waals surface area (Å²) < 4.78 is 79.3. The van der Waals surface area contributed by atoms with E-state index in [1.54, 1.807) is 13.8 Å². The van der Waals surface area contributed by atoms with Crippen LogP contribution in [0, 0.1) is 10.1 Å². The first-order valence-electron chi connectivity index (χ1n) is 11.5. The molecule has 10 nitrogen and oxygen atoms in total. The maximum absolute atomic E-state index is 13.5. The van der Waals surface area contributed by atoms with Gasteiger partial charge in [-0.05, 0) is 45.0 Å². The number of halogens is 4. The molecule has 1 unspecified atom stereocenters. The number of rotatable bonds is 16. The van der Waals surface area contributed by atoms with Gasteiger partial charge in [-0.25, -0.2) is 0 Å². The molecule has 2 aromatic carbocycles. The van der Waals surface area contributed by atoms with Gasteiger partial charge in [0.2, 0.25) is 0 Å². The van der Waals surface area contributed by atoms with Crippen LogP contribution in [0.2, 0.25) is 5.02 Å². The number of benzene rings is 2. The minimum Gasteiger partial charge on any atom is -0.456 e. The first-order chi connectivity index (χ1) is 17.9. The van der Waals surface area contributed by atoms with E-state index in [2.05, 4.69) is 5.32 Å². The molecular formula is C23H29ClF3N2O8P. The Balaban J connectivity index is 2.29. The third kappa shape index (κ3) is 9.40. The van der Waals surface area contributed by atoms with Crippen molar-refractivity contribution in [1.82, 2.24) is 0 Å². The van der Waals surface area contributed by atoms with Crippen molar-refractivity contribution in [2.24, 2.45) is 0 Å². The lowest BCUT2D eigenvalue weighted by atomic mass is 10.2. The van der Waals surface area contributed by atoms with Crippen molar-refractivity contribution in [3.8, 4) is 11.5 Å². The SMILES string of the molecule is CCOCCOP(=O)(OCCOCC)C(C)Nc1cc(Oc2ccc(C(F)(F)F)cc2Cl)ccc1[N+](=O)[O-]. The molecule has 0 saturated heterocycles. The Labute approximate surface area is 223 Å². The number of nitro benzene ring substituents is 1. The molecule has 0 bridgehead atoms. The largest absolute Gasteiger partial charge is 0.456 e. The molecule has 0 fully saturated rings. The van der Waals surface area contributed by atoms with Gasteiger partial charge in [0.05, 0.1) is 41.9 Å². The molecule has 0 saturated carbocycles. The van der Waals surface area contributed by atoms with Crippen molar-refractivity contribution in [2.45, 2.75) is 32.7 Å². The Morgan fingerprint density at radius 3 is 2.13 bits per heavy atom. The molecule has 0 amide bonds. The fourth-order valence-electron chi connectivity index (χ4n) is 3.04. The third-order valence-electron chi connectivity index (χ3n) is 4.90. The van der Waals surface area contributed by atoms with Gasteiger partial charge >= 0.3 is 13.8 Å². The summed E-state index contributed by atoms with van der Waals surface area (Å²) in [6.07, 6.45) is -4.59. The smallest absolute Gasteiger partial charge is 0.416 e. The summed E-state index contributed by atoms with van der Waals surface area (Å²) >= 11 is 5.95. The highest BCUT2D eigenvalue weighted by Crippen LogP contribution is 2.53. The lowest BCUT2D eigenvalue weighted by Crippen LogP contribution is -2.21. The minimum absolute atomic E-state index is 0.0244. The topological polar surface area (TPSA) is 118 Å². The number of nitrogens with zero attached hydrogens (tertiary/aromatic N) is 1. The summed E-state index contributed by atoms with van der Waals surface area (Å²) in [6, 6.07) is 6.14. The van der Waals surface area contributed by atoms with Crippen molar-refractivity contribution in [3.63, 3.8) is 0 Å². The monoisotopic (exact) mass is 584 g/mol. The molecule has 2 rings (SSSR count). The molecule has 0 spiro atoms. The quantitative estimate of drug-likeness (QED) is 0.0952. The number of ether oxygens (including phenoxy) is 3. The van der Waals surface area contributed by atoms with Crippen LogP contribution in [0.5, 0.6) is 11.5 Å². The van der Waals surface area contributed by atoms with E-state index in [-0.39, 0.29) is 54.3 Å². The number of hydrogen-bond donors (Lipinski definition) is 1. The van der Waals surface area contributed by atoms with Gasteiger partial charge in [0.15, 0.2) is 0 Å². The molecule has 212 valence electrons. The van der Waals surface area contributed by atoms with Crippen molar-refractivity contribution < 1.29 is 45.9 Å². The van der Waals surface area contributed by atoms with Crippen LogP contribution in [0.25, 0.3) is 0 Å². The minimum atomic E-state index is -4.59. The van der Waals surface area contributed by atoms with Crippen LogP contribution >= 0.6 is 19.2 Å². The second-order valence-electron chi connectivity index (χ2n) is 7.60. The van der Waals surface area contributed by atoms with Crippen molar-refractivity contribution >= 4 is 30.6 Å². The Morgan fingerprint density at radius 2 is 1.63 bits per heavy atom. The lowest BCUT2D eigenvalue weighted by Gasteiger charge is -2.26. The van der Waals surface area contributed by atoms with E-state index in [4.69, 9.17) is 34.9 Å². The molecular weight excluding hydrogens is 556 g/mol. The summed E-state index contributed by atoms with van der Waals surface area (Å²) in [4.78, 5) is 11.0. The fourth-order valence-corrected chi connectivity index (χ4v) is 4.74. The van der Waals surface area contributed by atoms with E-state index in [0.29, 0.717) is 19.3 Å². The van der Waals surface area contributed by atoms with Crippen LogP contribution in [0.15, 0.2) is 36.4 Å². The molecule has 0 aliphatic heterocycles. The average molecular weight is 585 g/mol. The Morgan fingerprint density at radius 1 is 1.03 bits per heavy atom. The summed E-state index contributed by atoms with van der Waals surface area (Å²) in [7, 11) is -3.88. The van der Waals surface area contributed by atoms with Gasteiger partial charge in [0.1, 0.15) is 23.0 Å². The van der Waals surface area contributed by atoms with Crippen LogP contribution in [0.1, 0.15) is 26.3 Å². The molecule has 1 N–H and O–H groups in total. The fraction of sp³-hybridized carbons (Fsp3) is 0.478. The standard InChI is InChI=1S/C23H29ClF3N2O8P/c1-4-33-10-12-35-38(32,36-13-11-34-5-2)16(3)28-20-15-18(7-8-21(20)29(30)31)37-22-9-6-17(14-19(22)24)23(25,26)27/h6-9,14-16,28H,4-5,10-13H2,1-3H3. The zero-order valence-electron chi connectivity index (χ0n) is 21.0. The molecule has 0 aliphatic carbocycles. The van der Waals surface area contributed by atoms with Crippen LogP contribution in [-0.2, 0) is 29.3 Å². The normalized spacial score (nSPS) is 12.8. The Kier molecular flexibility index (Phi) is 12.3. The molecule has 2 aromatic rings. The first kappa shape index (κ1) is 31.8. The molecule has 0 heterocycles. The highest BCUT2D eigenvalue weighted by Gasteiger charge is 2.35. The van der Waals surface area contributed by atoms with E-state index >= 15 is 0 Å². The zero-order valence-corrected chi connectivity index (χ0v) is 22.6. The van der Waals surface area contributed by atoms with Crippen LogP contribution in [0.4, 0.5) is 24.5 Å². The predicted octanol–water partition coefficient (Wildman–Crippen LogP) is 7.12. The summed E-state index contributed by atoms with van der Waals surface area (Å²) in [6.45, 7) is 6.09. The number of hydrogen-bond acceptors (Lipinski definition) is 9. The number of nitrogens with one attached hydrogen (secondary N) is 1. The van der Waals surface area contributed by atoms with Gasteiger partial charge < -0.3 is 28.6 Å². The van der Waals surface area contributed by atoms with Gasteiger partial charge in [-0.2, -0.15) is 13.2 Å². The number of anilines is 1. The molecule has 15 heteroatoms. The van der Waals surface area contributed by atoms with E-state index in [9.17, 15) is 27.9 Å². The highest BCUT2D eigenvalue weighted by atomic mass is 35.5. The van der Waals surface area contributed by atoms with E-state index in [1.807, 2.05) is 0 Å². The van der Waals surface area contributed by atoms with Crippen LogP contribution < -0.4 is 10.1 Å². The van der Waals surface area contributed by atoms with Crippen molar-refractivity contribution in [2.75, 3.05) is 45.0 Å². The first-order valence-corrected chi connectivity index (χ1v) is 13.5. The predicted molar refractivity (Wildman–Crippen MR) is 135 cm³/mol. The van der Waals surface area contributed by atoms with Crippen molar-refractivity contribution in [3.05, 3.63) is 57.1 Å². The van der Waals surface area contributed by atoms with Gasteiger partial charge in [-0.3, -0.25) is 14.7 Å². The van der Waals surface area contributed by atoms with Gasteiger partial charge in [0.25, 0.3) is 5.69 Å². The van der Waals surface area contributed by atoms with E-state index < -0.39 is 30.0 Å². The average Bonchev–Trinajstić information content (AvgIpc) is 2.85. The molecule has 0 aliphatic rings. The van der Waals surface area contributed by atoms with E-state index in [0.717, 1.165) is 18.2 Å². The molecule has 38 heavy (non-hydrogen) atoms. The zero-order chi connectivity index (χ0) is 28.3. The molecule has 1 atom stereocenters. The molecule has 0 radical (unpaired) electrons. The van der Waals surface area contributed by atoms with Crippen LogP contribution in [-0.4, -0.2) is 50.3 Å². The maximum atomic E-state index is 13.5. The van der Waals surface area contributed by atoms with Crippen molar-refractivity contribution in [1.29, 1.82) is 0 Å². The molecule has 0 aromatic heterocycles. The summed E-state index contributed by atoms with van der Waals surface area (Å²) in [5.74, 6) is -1.14. The van der Waals surface area contributed by atoms with Gasteiger partial charge in [0, 0.05) is 25.3 Å². The second kappa shape index (κ2) is 14.7. The summed E-state index contributed by atoms with van der Waals surface area (Å²) in [5, 5.41) is 14.1. The van der Waals surface area contributed by atoms with E-state index in [1.165, 1.54) is 19.1 Å². The lowest BCUT2D eigenvalue weighted by molar-refractivity contribution is -0.384. The second-order valence-corrected chi connectivity index (χ2v) is 10.4. The number of alkyl halides is 3. The maximum Gasteiger partial charge on any atom is 0.416 e. The van der Waals surface area contributed by atoms with Crippen LogP contribution in [0.3, 0.4) is 0 Å². The Bertz CT molecular complexity index is 1110. The number of nitro groups is 1. The highest BCUT2D eigenvalue weighted by molar-refractivity contribution is 7.54. The van der Waals surface area contributed by atoms with Gasteiger partial charge in [-0.1, -0.05) is 11.6 Å². The Hall–Kier alpha value is -2.41.